The average molecular weight is 226 g/mol. The van der Waals surface area contributed by atoms with E-state index in [-0.39, 0.29) is 5.66 Å². The summed E-state index contributed by atoms with van der Waals surface area (Å²) in [7, 11) is 5.38. The molecule has 0 saturated heterocycles. The molecule has 0 aliphatic rings. The molecule has 0 amide bonds. The Morgan fingerprint density at radius 3 is 2.93 bits per heavy atom. The lowest BCUT2D eigenvalue weighted by Gasteiger charge is -2.11. The molecule has 4 heteroatoms. The maximum absolute atomic E-state index is 5.84. The fourth-order valence-corrected chi connectivity index (χ4v) is 1.74. The fraction of sp³-hybridized carbons (Fsp3) is 0.300. The normalized spacial score (nSPS) is 14.1. The van der Waals surface area contributed by atoms with Gasteiger partial charge >= 0.3 is 0 Å². The zero-order valence-electron chi connectivity index (χ0n) is 8.27. The van der Waals surface area contributed by atoms with Crippen LogP contribution in [-0.2, 0) is 6.16 Å². The van der Waals surface area contributed by atoms with E-state index in [1.165, 1.54) is 0 Å². The lowest BCUT2D eigenvalue weighted by Crippen LogP contribution is -2.06. The number of hydrogen-bond donors (Lipinski definition) is 1. The van der Waals surface area contributed by atoms with Crippen molar-refractivity contribution >= 4 is 18.5 Å². The molecule has 0 spiro atoms. The number of nitrogens with zero attached hydrogens (tertiary/aromatic N) is 1. The van der Waals surface area contributed by atoms with Gasteiger partial charge in [0, 0.05) is 17.6 Å². The van der Waals surface area contributed by atoms with E-state index in [1.807, 2.05) is 31.2 Å². The number of nitrogens with two attached hydrogens (primary N) is 1. The standard InChI is InChI=1S/C10H16N2P2/c1-2-8(11)10(14)9-5-3-4-7(6-13)12-9/h2-5,10H,6,11,13-14H2,1H3/b8-2-. The van der Waals surface area contributed by atoms with Crippen LogP contribution in [0.1, 0.15) is 24.0 Å². The second kappa shape index (κ2) is 5.44. The Morgan fingerprint density at radius 2 is 2.36 bits per heavy atom. The molecular weight excluding hydrogens is 210 g/mol. The molecule has 0 radical (unpaired) electrons. The van der Waals surface area contributed by atoms with Crippen molar-refractivity contribution in [2.24, 2.45) is 5.73 Å². The van der Waals surface area contributed by atoms with Crippen molar-refractivity contribution in [2.45, 2.75) is 18.7 Å². The van der Waals surface area contributed by atoms with Crippen LogP contribution in [0.5, 0.6) is 0 Å². The first-order chi connectivity index (χ1) is 6.69. The fourth-order valence-electron chi connectivity index (χ4n) is 1.14. The summed E-state index contributed by atoms with van der Waals surface area (Å²) >= 11 is 0. The van der Waals surface area contributed by atoms with E-state index in [1.54, 1.807) is 0 Å². The van der Waals surface area contributed by atoms with Crippen LogP contribution in [0.15, 0.2) is 30.0 Å². The van der Waals surface area contributed by atoms with Crippen LogP contribution in [0.4, 0.5) is 0 Å². The van der Waals surface area contributed by atoms with Gasteiger partial charge in [0.25, 0.3) is 0 Å². The van der Waals surface area contributed by atoms with Crippen molar-refractivity contribution in [3.05, 3.63) is 41.4 Å². The highest BCUT2D eigenvalue weighted by Gasteiger charge is 2.09. The topological polar surface area (TPSA) is 38.9 Å². The third kappa shape index (κ3) is 2.77. The molecule has 2 N–H and O–H groups in total. The quantitative estimate of drug-likeness (QED) is 0.803. The zero-order valence-corrected chi connectivity index (χ0v) is 10.6. The molecule has 14 heavy (non-hydrogen) atoms. The summed E-state index contributed by atoms with van der Waals surface area (Å²) in [6.45, 7) is 1.94. The first-order valence-corrected chi connectivity index (χ1v) is 6.00. The summed E-state index contributed by atoms with van der Waals surface area (Å²) in [4.78, 5) is 4.50. The molecular formula is C10H16N2P2. The third-order valence-electron chi connectivity index (χ3n) is 2.05. The summed E-state index contributed by atoms with van der Waals surface area (Å²) in [5.74, 6) is 0. The smallest absolute Gasteiger partial charge is 0.0547 e. The van der Waals surface area contributed by atoms with Gasteiger partial charge in [-0.05, 0) is 19.1 Å². The van der Waals surface area contributed by atoms with E-state index in [2.05, 4.69) is 23.5 Å². The predicted molar refractivity (Wildman–Crippen MR) is 68.0 cm³/mol. The van der Waals surface area contributed by atoms with Gasteiger partial charge in [-0.1, -0.05) is 12.1 Å². The molecule has 0 saturated carbocycles. The van der Waals surface area contributed by atoms with Crippen LogP contribution < -0.4 is 5.73 Å². The van der Waals surface area contributed by atoms with Crippen LogP contribution in [-0.4, -0.2) is 4.98 Å². The summed E-state index contributed by atoms with van der Waals surface area (Å²) < 4.78 is 0. The Morgan fingerprint density at radius 1 is 1.64 bits per heavy atom. The van der Waals surface area contributed by atoms with Crippen molar-refractivity contribution in [3.8, 4) is 0 Å². The van der Waals surface area contributed by atoms with Crippen LogP contribution in [0.2, 0.25) is 0 Å². The highest BCUT2D eigenvalue weighted by atomic mass is 31.0. The Bertz CT molecular complexity index is 337. The van der Waals surface area contributed by atoms with Crippen molar-refractivity contribution in [3.63, 3.8) is 0 Å². The van der Waals surface area contributed by atoms with Gasteiger partial charge in [-0.3, -0.25) is 4.98 Å². The van der Waals surface area contributed by atoms with Crippen LogP contribution in [0, 0.1) is 0 Å². The molecule has 0 aliphatic carbocycles. The molecule has 0 fully saturated rings. The number of pyridine rings is 1. The number of rotatable bonds is 3. The van der Waals surface area contributed by atoms with Gasteiger partial charge in [-0.25, -0.2) is 0 Å². The summed E-state index contributed by atoms with van der Waals surface area (Å²) in [5.41, 5.74) is 8.87. The van der Waals surface area contributed by atoms with Crippen molar-refractivity contribution < 1.29 is 0 Å². The molecule has 3 atom stereocenters. The molecule has 0 aromatic carbocycles. The summed E-state index contributed by atoms with van der Waals surface area (Å²) in [6.07, 6.45) is 2.79. The minimum atomic E-state index is 0.122. The maximum Gasteiger partial charge on any atom is 0.0547 e. The van der Waals surface area contributed by atoms with Gasteiger partial charge in [-0.15, -0.1) is 18.5 Å². The number of aromatic nitrogens is 1. The van der Waals surface area contributed by atoms with Crippen LogP contribution in [0.25, 0.3) is 0 Å². The van der Waals surface area contributed by atoms with Crippen molar-refractivity contribution in [1.82, 2.24) is 4.98 Å². The lowest BCUT2D eigenvalue weighted by molar-refractivity contribution is 0.976. The largest absolute Gasteiger partial charge is 0.401 e. The van der Waals surface area contributed by atoms with Gasteiger partial charge in [0.05, 0.1) is 11.4 Å². The molecule has 0 bridgehead atoms. The summed E-state index contributed by atoms with van der Waals surface area (Å²) in [6, 6.07) is 6.03. The van der Waals surface area contributed by atoms with Crippen molar-refractivity contribution in [1.29, 1.82) is 0 Å². The van der Waals surface area contributed by atoms with Gasteiger partial charge < -0.3 is 5.73 Å². The third-order valence-corrected chi connectivity index (χ3v) is 3.19. The Hall–Kier alpha value is -0.450. The second-order valence-electron chi connectivity index (χ2n) is 3.02. The van der Waals surface area contributed by atoms with E-state index < -0.39 is 0 Å². The maximum atomic E-state index is 5.84. The molecule has 76 valence electrons. The highest BCUT2D eigenvalue weighted by molar-refractivity contribution is 7.17. The molecule has 1 aromatic rings. The predicted octanol–water partition coefficient (Wildman–Crippen LogP) is 2.24. The van der Waals surface area contributed by atoms with Crippen molar-refractivity contribution in [2.75, 3.05) is 0 Å². The highest BCUT2D eigenvalue weighted by Crippen LogP contribution is 2.26. The van der Waals surface area contributed by atoms with Crippen LogP contribution in [0.3, 0.4) is 0 Å². The molecule has 3 unspecified atom stereocenters. The monoisotopic (exact) mass is 226 g/mol. The van der Waals surface area contributed by atoms with E-state index in [0.29, 0.717) is 0 Å². The first-order valence-electron chi connectivity index (χ1n) is 4.52. The Kier molecular flexibility index (Phi) is 4.51. The number of hydrogen-bond acceptors (Lipinski definition) is 2. The van der Waals surface area contributed by atoms with E-state index in [4.69, 9.17) is 5.73 Å². The van der Waals surface area contributed by atoms with Gasteiger partial charge in [-0.2, -0.15) is 0 Å². The second-order valence-corrected chi connectivity index (χ2v) is 4.10. The SMILES string of the molecule is C/C=C(\N)C(P)c1cccc(CP)n1. The van der Waals surface area contributed by atoms with E-state index in [9.17, 15) is 0 Å². The Labute approximate surface area is 89.8 Å². The van der Waals surface area contributed by atoms with Crippen LogP contribution >= 0.6 is 18.5 Å². The Balaban J connectivity index is 2.95. The zero-order chi connectivity index (χ0) is 10.6. The number of allylic oxidation sites excluding steroid dienone is 2. The molecule has 2 nitrogen and oxygen atoms in total. The minimum absolute atomic E-state index is 0.122. The van der Waals surface area contributed by atoms with Gasteiger partial charge in [0.1, 0.15) is 0 Å². The summed E-state index contributed by atoms with van der Waals surface area (Å²) in [5, 5.41) is 0. The molecule has 1 rings (SSSR count). The van der Waals surface area contributed by atoms with E-state index >= 15 is 0 Å². The lowest BCUT2D eigenvalue weighted by atomic mass is 10.2. The molecule has 1 aromatic heterocycles. The van der Waals surface area contributed by atoms with Gasteiger partial charge in [0.15, 0.2) is 0 Å². The first kappa shape index (κ1) is 11.6. The molecule has 1 heterocycles. The minimum Gasteiger partial charge on any atom is -0.401 e. The van der Waals surface area contributed by atoms with Gasteiger partial charge in [0.2, 0.25) is 0 Å². The van der Waals surface area contributed by atoms with E-state index in [0.717, 1.165) is 23.2 Å². The average Bonchev–Trinajstić information content (AvgIpc) is 2.27. The molecule has 0 aliphatic heterocycles.